The number of aliphatic imine (C=N–C) groups is 1. The number of nitrogens with one attached hydrogen (secondary N) is 1. The van der Waals surface area contributed by atoms with Crippen LogP contribution >= 0.6 is 0 Å². The number of alkyl halides is 6. The molecule has 0 saturated carbocycles. The van der Waals surface area contributed by atoms with Crippen molar-refractivity contribution in [3.8, 4) is 0 Å². The first kappa shape index (κ1) is 25.4. The van der Waals surface area contributed by atoms with E-state index in [0.717, 1.165) is 7.05 Å². The lowest BCUT2D eigenvalue weighted by Gasteiger charge is -2.31. The third-order valence-corrected chi connectivity index (χ3v) is 6.19. The number of nitrogens with zero attached hydrogens (tertiary/aromatic N) is 3. The number of rotatable bonds is 5. The summed E-state index contributed by atoms with van der Waals surface area (Å²) in [6.45, 7) is 0.324. The molecular formula is C24H20F6N4O2. The number of aryl methyl sites for hydroxylation is 1. The normalized spacial score (nSPS) is 18.4. The predicted molar refractivity (Wildman–Crippen MR) is 119 cm³/mol. The van der Waals surface area contributed by atoms with Gasteiger partial charge in [0.2, 0.25) is 0 Å². The third-order valence-electron chi connectivity index (χ3n) is 6.19. The number of halogens is 6. The summed E-state index contributed by atoms with van der Waals surface area (Å²) in [5.74, 6) is -0.780. The van der Waals surface area contributed by atoms with Gasteiger partial charge in [-0.15, -0.1) is 0 Å². The van der Waals surface area contributed by atoms with Crippen molar-refractivity contribution < 1.29 is 35.9 Å². The summed E-state index contributed by atoms with van der Waals surface area (Å²) in [6, 6.07) is 9.84. The van der Waals surface area contributed by atoms with Crippen molar-refractivity contribution in [3.05, 3.63) is 65.0 Å². The number of hydrogen-bond donors (Lipinski definition) is 1. The minimum Gasteiger partial charge on any atom is -0.345 e. The molecule has 0 saturated heterocycles. The molecule has 2 heterocycles. The third kappa shape index (κ3) is 4.35. The molecule has 2 aromatic carbocycles. The molecule has 0 radical (unpaired) electrons. The Hall–Kier alpha value is -3.70. The van der Waals surface area contributed by atoms with Crippen LogP contribution in [0.25, 0.3) is 10.8 Å². The number of hydrogen-bond acceptors (Lipinski definition) is 4. The molecule has 1 unspecified atom stereocenters. The van der Waals surface area contributed by atoms with E-state index >= 15 is 0 Å². The Morgan fingerprint density at radius 2 is 1.72 bits per heavy atom. The van der Waals surface area contributed by atoms with Gasteiger partial charge in [-0.25, -0.2) is 0 Å². The molecule has 1 atom stereocenters. The van der Waals surface area contributed by atoms with Crippen LogP contribution in [0.2, 0.25) is 0 Å². The van der Waals surface area contributed by atoms with Crippen LogP contribution in [0.3, 0.4) is 0 Å². The molecule has 1 amide bonds. The molecule has 1 aromatic heterocycles. The van der Waals surface area contributed by atoms with Gasteiger partial charge in [0.1, 0.15) is 11.2 Å². The van der Waals surface area contributed by atoms with E-state index in [4.69, 9.17) is 0 Å². The zero-order chi connectivity index (χ0) is 26.5. The first-order valence-electron chi connectivity index (χ1n) is 10.8. The van der Waals surface area contributed by atoms with Crippen LogP contribution in [-0.4, -0.2) is 46.4 Å². The summed E-state index contributed by atoms with van der Waals surface area (Å²) in [4.78, 5) is 27.9. The molecule has 0 fully saturated rings. The summed E-state index contributed by atoms with van der Waals surface area (Å²) < 4.78 is 83.4. The van der Waals surface area contributed by atoms with Crippen molar-refractivity contribution in [3.63, 3.8) is 0 Å². The van der Waals surface area contributed by atoms with E-state index in [1.165, 1.54) is 19.1 Å². The van der Waals surface area contributed by atoms with Gasteiger partial charge in [0.05, 0.1) is 18.8 Å². The predicted octanol–water partition coefficient (Wildman–Crippen LogP) is 4.60. The molecule has 3 aromatic rings. The highest BCUT2D eigenvalue weighted by atomic mass is 19.4. The maximum atomic E-state index is 14.4. The Bertz CT molecular complexity index is 1390. The van der Waals surface area contributed by atoms with E-state index in [2.05, 4.69) is 15.4 Å². The first-order valence-corrected chi connectivity index (χ1v) is 10.8. The molecule has 1 aliphatic rings. The molecule has 12 heteroatoms. The number of fused-ring (bicyclic) bond motifs is 1. The van der Waals surface area contributed by atoms with Crippen LogP contribution in [-0.2, 0) is 23.4 Å². The highest BCUT2D eigenvalue weighted by molar-refractivity contribution is 6.17. The highest BCUT2D eigenvalue weighted by Gasteiger charge is 2.60. The van der Waals surface area contributed by atoms with Crippen LogP contribution in [0, 0.1) is 0 Å². The number of amides is 1. The Labute approximate surface area is 201 Å². The number of benzene rings is 2. The summed E-state index contributed by atoms with van der Waals surface area (Å²) in [6.07, 6.45) is -10.5. The van der Waals surface area contributed by atoms with Crippen molar-refractivity contribution >= 4 is 28.2 Å². The molecule has 1 aliphatic heterocycles. The maximum Gasteiger partial charge on any atom is 0.435 e. The van der Waals surface area contributed by atoms with Crippen LogP contribution in [0.15, 0.2) is 47.5 Å². The highest BCUT2D eigenvalue weighted by Crippen LogP contribution is 2.49. The Balaban J connectivity index is 1.77. The lowest BCUT2D eigenvalue weighted by molar-refractivity contribution is -0.185. The van der Waals surface area contributed by atoms with Gasteiger partial charge in [0, 0.05) is 30.3 Å². The lowest BCUT2D eigenvalue weighted by Crippen LogP contribution is -2.45. The lowest BCUT2D eigenvalue weighted by atomic mass is 9.79. The molecule has 6 nitrogen and oxygen atoms in total. The number of carbonyl (C=O) groups excluding carboxylic acids is 2. The topological polar surface area (TPSA) is 76.3 Å². The fourth-order valence-corrected chi connectivity index (χ4v) is 4.42. The second-order valence-electron chi connectivity index (χ2n) is 8.65. The number of Topliss-reactive ketones (excluding diaryl/α,β-unsaturated/α-hetero) is 1. The summed E-state index contributed by atoms with van der Waals surface area (Å²) in [5.41, 5.74) is -4.15. The van der Waals surface area contributed by atoms with Gasteiger partial charge in [-0.1, -0.05) is 30.3 Å². The Morgan fingerprint density at radius 1 is 1.06 bits per heavy atom. The summed E-state index contributed by atoms with van der Waals surface area (Å²) in [5, 5.41) is 6.63. The van der Waals surface area contributed by atoms with Gasteiger partial charge < -0.3 is 5.32 Å². The minimum atomic E-state index is -4.92. The molecule has 36 heavy (non-hydrogen) atoms. The maximum absolute atomic E-state index is 14.4. The fourth-order valence-electron chi connectivity index (χ4n) is 4.42. The smallest absolute Gasteiger partial charge is 0.345 e. The molecular weight excluding hydrogens is 490 g/mol. The zero-order valence-electron chi connectivity index (χ0n) is 19.1. The molecule has 0 bridgehead atoms. The van der Waals surface area contributed by atoms with E-state index in [1.807, 2.05) is 0 Å². The second-order valence-corrected chi connectivity index (χ2v) is 8.65. The van der Waals surface area contributed by atoms with E-state index in [9.17, 15) is 35.9 Å². The van der Waals surface area contributed by atoms with Crippen LogP contribution in [0.5, 0.6) is 0 Å². The molecule has 4 rings (SSSR count). The number of aromatic nitrogens is 2. The van der Waals surface area contributed by atoms with E-state index < -0.39 is 48.0 Å². The zero-order valence-corrected chi connectivity index (χ0v) is 19.1. The molecule has 0 spiro atoms. The number of carbonyl (C=O) groups is 2. The Morgan fingerprint density at radius 3 is 2.31 bits per heavy atom. The summed E-state index contributed by atoms with van der Waals surface area (Å²) in [7, 11) is 1.04. The van der Waals surface area contributed by atoms with Crippen molar-refractivity contribution in [1.29, 1.82) is 0 Å². The molecule has 1 N–H and O–H groups in total. The average Bonchev–Trinajstić information content (AvgIpc) is 3.41. The van der Waals surface area contributed by atoms with Crippen molar-refractivity contribution in [2.45, 2.75) is 31.1 Å². The number of ketones is 1. The van der Waals surface area contributed by atoms with E-state index in [0.29, 0.717) is 27.1 Å². The van der Waals surface area contributed by atoms with E-state index in [1.54, 1.807) is 24.3 Å². The van der Waals surface area contributed by atoms with Gasteiger partial charge in [-0.05, 0) is 29.8 Å². The van der Waals surface area contributed by atoms with Gasteiger partial charge in [-0.2, -0.15) is 31.4 Å². The minimum absolute atomic E-state index is 0.0500. The monoisotopic (exact) mass is 510 g/mol. The second kappa shape index (κ2) is 8.75. The SMILES string of the molecule is CC(=O)CNC(=O)c1ccc(C2=NCC(c3cc(C(F)(F)F)nn3C)(C(F)(F)F)C2)c2ccccc12. The van der Waals surface area contributed by atoms with Gasteiger partial charge in [-0.3, -0.25) is 19.3 Å². The fraction of sp³-hybridized carbons (Fsp3) is 0.333. The largest absolute Gasteiger partial charge is 0.435 e. The van der Waals surface area contributed by atoms with Crippen LogP contribution < -0.4 is 5.32 Å². The average molecular weight is 510 g/mol. The van der Waals surface area contributed by atoms with Crippen molar-refractivity contribution in [2.24, 2.45) is 12.0 Å². The Kier molecular flexibility index (Phi) is 6.17. The van der Waals surface area contributed by atoms with Crippen LogP contribution in [0.4, 0.5) is 26.3 Å². The quantitative estimate of drug-likeness (QED) is 0.510. The van der Waals surface area contributed by atoms with Crippen LogP contribution in [0.1, 0.15) is 40.7 Å². The van der Waals surface area contributed by atoms with Gasteiger partial charge in [0.15, 0.2) is 5.69 Å². The summed E-state index contributed by atoms with van der Waals surface area (Å²) >= 11 is 0. The standard InChI is InChI=1S/C24H20F6N4O2/c1-13(35)11-31-21(36)17-8-7-16(14-5-3-4-6-15(14)17)18-10-22(12-32-18,24(28,29)30)20-9-19(23(25,26)27)33-34(20)2/h3-9H,10-12H2,1-2H3,(H,31,36). The molecule has 190 valence electrons. The van der Waals surface area contributed by atoms with Gasteiger partial charge >= 0.3 is 12.4 Å². The van der Waals surface area contributed by atoms with Crippen molar-refractivity contribution in [1.82, 2.24) is 15.1 Å². The molecule has 0 aliphatic carbocycles. The first-order chi connectivity index (χ1) is 16.7. The van der Waals surface area contributed by atoms with Crippen molar-refractivity contribution in [2.75, 3.05) is 13.1 Å². The van der Waals surface area contributed by atoms with E-state index in [-0.39, 0.29) is 23.6 Å². The van der Waals surface area contributed by atoms with Gasteiger partial charge in [0.25, 0.3) is 5.91 Å².